The van der Waals surface area contributed by atoms with Crippen molar-refractivity contribution >= 4 is 17.8 Å². The van der Waals surface area contributed by atoms with Crippen LogP contribution in [-0.4, -0.2) is 48.2 Å². The average Bonchev–Trinajstić information content (AvgIpc) is 3.64. The lowest BCUT2D eigenvalue weighted by Crippen LogP contribution is -2.63. The lowest BCUT2D eigenvalue weighted by Gasteiger charge is -2.69. The van der Waals surface area contributed by atoms with Gasteiger partial charge in [-0.15, -0.1) is 0 Å². The summed E-state index contributed by atoms with van der Waals surface area (Å²) in [5.74, 6) is 1.82. The molecule has 5 fully saturated rings. The molecule has 4 aliphatic carbocycles. The van der Waals surface area contributed by atoms with Crippen molar-refractivity contribution < 1.29 is 24.2 Å². The quantitative estimate of drug-likeness (QED) is 0.188. The molecule has 1 unspecified atom stereocenters. The topological polar surface area (TPSA) is 105 Å². The van der Waals surface area contributed by atoms with Crippen LogP contribution in [0.15, 0.2) is 0 Å². The number of esters is 1. The first-order valence-electron chi connectivity index (χ1n) is 20.2. The van der Waals surface area contributed by atoms with Gasteiger partial charge in [-0.25, -0.2) is 0 Å². The smallest absolute Gasteiger partial charge is 0.309 e. The number of fused-ring (bicyclic) bond motifs is 2. The maximum atomic E-state index is 13.6. The van der Waals surface area contributed by atoms with Crippen LogP contribution in [0.25, 0.3) is 0 Å². The van der Waals surface area contributed by atoms with Gasteiger partial charge in [0.25, 0.3) is 0 Å². The number of rotatable bonds is 11. The highest BCUT2D eigenvalue weighted by molar-refractivity contribution is 5.81. The highest BCUT2D eigenvalue weighted by Crippen LogP contribution is 2.73. The minimum Gasteiger partial charge on any atom is -0.481 e. The maximum absolute atomic E-state index is 13.6. The molecule has 1 heterocycles. The number of carboxylic acid groups (broad SMARTS) is 1. The monoisotopic (exact) mass is 685 g/mol. The van der Waals surface area contributed by atoms with Gasteiger partial charge in [0, 0.05) is 24.4 Å². The number of nitrogens with one attached hydrogen (secondary N) is 2. The molecule has 4 saturated carbocycles. The molecule has 0 aromatic carbocycles. The van der Waals surface area contributed by atoms with Gasteiger partial charge in [-0.05, 0) is 142 Å². The molecule has 10 atom stereocenters. The van der Waals surface area contributed by atoms with Crippen LogP contribution in [0, 0.1) is 62.1 Å². The van der Waals surface area contributed by atoms with Gasteiger partial charge in [-0.2, -0.15) is 0 Å². The Labute approximate surface area is 298 Å². The molecular weight excluding hydrogens is 612 g/mol. The lowest BCUT2D eigenvalue weighted by molar-refractivity contribution is -0.219. The van der Waals surface area contributed by atoms with Crippen molar-refractivity contribution in [2.24, 2.45) is 62.1 Å². The van der Waals surface area contributed by atoms with Crippen molar-refractivity contribution in [1.29, 1.82) is 0 Å². The molecular formula is C42H72N2O5. The zero-order valence-corrected chi connectivity index (χ0v) is 32.9. The van der Waals surface area contributed by atoms with Crippen LogP contribution in [0.5, 0.6) is 0 Å². The van der Waals surface area contributed by atoms with E-state index < -0.39 is 11.4 Å². The maximum Gasteiger partial charge on any atom is 0.309 e. The summed E-state index contributed by atoms with van der Waals surface area (Å²) < 4.78 is 6.20. The van der Waals surface area contributed by atoms with Gasteiger partial charge >= 0.3 is 11.9 Å². The predicted octanol–water partition coefficient (Wildman–Crippen LogP) is 8.79. The summed E-state index contributed by atoms with van der Waals surface area (Å²) in [7, 11) is 0. The first kappa shape index (κ1) is 38.6. The normalized spacial score (nSPS) is 41.9. The number of aliphatic carboxylic acids is 1. The van der Waals surface area contributed by atoms with Crippen molar-refractivity contribution in [2.45, 2.75) is 171 Å². The Morgan fingerprint density at radius 1 is 0.959 bits per heavy atom. The lowest BCUT2D eigenvalue weighted by atomic mass is 9.36. The van der Waals surface area contributed by atoms with E-state index in [1.807, 2.05) is 0 Å². The summed E-state index contributed by atoms with van der Waals surface area (Å²) in [6.45, 7) is 24.8. The van der Waals surface area contributed by atoms with Crippen LogP contribution in [0.3, 0.4) is 0 Å². The molecule has 0 bridgehead atoms. The fraction of sp³-hybridized carbons (Fsp3) is 0.929. The fourth-order valence-electron chi connectivity index (χ4n) is 13.1. The van der Waals surface area contributed by atoms with E-state index >= 15 is 0 Å². The van der Waals surface area contributed by atoms with E-state index in [0.717, 1.165) is 38.8 Å². The number of carbonyl (C=O) groups is 3. The van der Waals surface area contributed by atoms with Gasteiger partial charge in [0.05, 0.1) is 11.8 Å². The van der Waals surface area contributed by atoms with E-state index in [4.69, 9.17) is 4.74 Å². The average molecular weight is 685 g/mol. The minimum absolute atomic E-state index is 0.106. The first-order chi connectivity index (χ1) is 22.7. The van der Waals surface area contributed by atoms with Crippen molar-refractivity contribution in [3.8, 4) is 0 Å². The molecule has 3 N–H and O–H groups in total. The van der Waals surface area contributed by atoms with Crippen molar-refractivity contribution in [1.82, 2.24) is 10.6 Å². The van der Waals surface area contributed by atoms with E-state index in [1.54, 1.807) is 13.8 Å². The van der Waals surface area contributed by atoms with E-state index in [1.165, 1.54) is 51.4 Å². The molecule has 0 radical (unpaired) electrons. The zero-order chi connectivity index (χ0) is 36.2. The molecule has 49 heavy (non-hydrogen) atoms. The van der Waals surface area contributed by atoms with E-state index in [9.17, 15) is 19.5 Å². The highest BCUT2D eigenvalue weighted by atomic mass is 16.5. The second-order valence-corrected chi connectivity index (χ2v) is 20.2. The summed E-state index contributed by atoms with van der Waals surface area (Å²) in [5.41, 5.74) is -0.678. The van der Waals surface area contributed by atoms with E-state index in [0.29, 0.717) is 36.0 Å². The SMILES string of the molecule is CCC[C@@H]1[C@@]2(C)CC[C@H](OC(=O)CC(C)(C)C(=O)O)C(C)(C)[C@@H]2CC[C@@]1(C)[C@]1(C)CC[C@@]2(CC(=O)NC3CCNC3)CC[C@@H](C(C)C)[C@@H]2C1. The van der Waals surface area contributed by atoms with Crippen LogP contribution in [0.2, 0.25) is 0 Å². The minimum atomic E-state index is -1.14. The first-order valence-corrected chi connectivity index (χ1v) is 20.2. The van der Waals surface area contributed by atoms with Gasteiger partial charge in [0.1, 0.15) is 6.10 Å². The number of hydrogen-bond acceptors (Lipinski definition) is 5. The summed E-state index contributed by atoms with van der Waals surface area (Å²) >= 11 is 0. The Morgan fingerprint density at radius 3 is 2.29 bits per heavy atom. The predicted molar refractivity (Wildman–Crippen MR) is 196 cm³/mol. The van der Waals surface area contributed by atoms with Crippen LogP contribution in [-0.2, 0) is 19.1 Å². The van der Waals surface area contributed by atoms with Crippen molar-refractivity contribution in [2.75, 3.05) is 13.1 Å². The molecule has 0 aromatic rings. The molecule has 5 aliphatic rings. The molecule has 7 heteroatoms. The Hall–Kier alpha value is -1.63. The van der Waals surface area contributed by atoms with Gasteiger partial charge < -0.3 is 20.5 Å². The van der Waals surface area contributed by atoms with Gasteiger partial charge in [-0.1, -0.05) is 61.8 Å². The third kappa shape index (κ3) is 6.86. The van der Waals surface area contributed by atoms with E-state index in [-0.39, 0.29) is 57.5 Å². The highest BCUT2D eigenvalue weighted by Gasteiger charge is 2.67. The van der Waals surface area contributed by atoms with Crippen molar-refractivity contribution in [3.05, 3.63) is 0 Å². The number of ether oxygens (including phenoxy) is 1. The molecule has 280 valence electrons. The number of amides is 1. The van der Waals surface area contributed by atoms with Gasteiger partial charge in [0.15, 0.2) is 0 Å². The van der Waals surface area contributed by atoms with Gasteiger partial charge in [-0.3, -0.25) is 14.4 Å². The molecule has 1 amide bonds. The Morgan fingerprint density at radius 2 is 1.67 bits per heavy atom. The fourth-order valence-corrected chi connectivity index (χ4v) is 13.1. The Bertz CT molecular complexity index is 1240. The van der Waals surface area contributed by atoms with Crippen molar-refractivity contribution in [3.63, 3.8) is 0 Å². The third-order valence-electron chi connectivity index (χ3n) is 16.3. The molecule has 5 rings (SSSR count). The van der Waals surface area contributed by atoms with E-state index in [2.05, 4.69) is 66.0 Å². The molecule has 0 spiro atoms. The number of carboxylic acids is 1. The zero-order valence-electron chi connectivity index (χ0n) is 32.9. The second kappa shape index (κ2) is 13.7. The summed E-state index contributed by atoms with van der Waals surface area (Å²) in [5, 5.41) is 16.4. The third-order valence-corrected chi connectivity index (χ3v) is 16.3. The molecule has 7 nitrogen and oxygen atoms in total. The number of carbonyl (C=O) groups excluding carboxylic acids is 2. The number of hydrogen-bond donors (Lipinski definition) is 3. The van der Waals surface area contributed by atoms with Gasteiger partial charge in [0.2, 0.25) is 5.91 Å². The summed E-state index contributed by atoms with van der Waals surface area (Å²) in [6.07, 6.45) is 14.0. The molecule has 0 aromatic heterocycles. The van der Waals surface area contributed by atoms with Crippen LogP contribution in [0.4, 0.5) is 0 Å². The summed E-state index contributed by atoms with van der Waals surface area (Å²) in [6, 6.07) is 0.280. The molecule has 1 aliphatic heterocycles. The van der Waals surface area contributed by atoms with Crippen LogP contribution >= 0.6 is 0 Å². The Balaban J connectivity index is 1.39. The standard InChI is InChI=1S/C42H72N2O5/c1-11-12-32-40(9)17-15-33(49-35(46)25-37(4,5)36(47)48)38(6,7)31(40)14-18-41(32,10)39(8)20-21-42(19-13-29(27(2)3)30(42)23-39)24-34(45)44-28-16-22-43-26-28/h27-33,43H,11-26H2,1-10H3,(H,44,45)(H,47,48)/t28?,29-,30-,31-,32+,33-,39+,40-,41+,42+/m0/s1. The molecule has 1 saturated heterocycles. The van der Waals surface area contributed by atoms with Crippen LogP contribution in [0.1, 0.15) is 159 Å². The largest absolute Gasteiger partial charge is 0.481 e. The second-order valence-electron chi connectivity index (χ2n) is 20.2. The Kier molecular flexibility index (Phi) is 10.8. The van der Waals surface area contributed by atoms with Crippen LogP contribution < -0.4 is 10.6 Å². The summed E-state index contributed by atoms with van der Waals surface area (Å²) in [4.78, 5) is 38.4.